The summed E-state index contributed by atoms with van der Waals surface area (Å²) >= 11 is 0. The third kappa shape index (κ3) is 3.94. The maximum Gasteiger partial charge on any atom is 0.115 e. The maximum atomic E-state index is 6.69. The van der Waals surface area contributed by atoms with Crippen LogP contribution in [-0.4, -0.2) is 7.85 Å². The van der Waals surface area contributed by atoms with E-state index in [1.165, 1.54) is 87.0 Å². The molecule has 2 fully saturated rings. The lowest BCUT2D eigenvalue weighted by molar-refractivity contribution is 0.408. The summed E-state index contributed by atoms with van der Waals surface area (Å²) in [7, 11) is 6.69. The minimum absolute atomic E-state index is 0.634. The summed E-state index contributed by atoms with van der Waals surface area (Å²) in [6.45, 7) is 0. The topological polar surface area (TPSA) is 0 Å². The Hall–Kier alpha value is -4.62. The van der Waals surface area contributed by atoms with Gasteiger partial charge in [-0.1, -0.05) is 133 Å². The molecular formula is C45H35B. The fraction of sp³-hybridized carbons (Fsp3) is 0.200. The van der Waals surface area contributed by atoms with Crippen LogP contribution in [0.25, 0.3) is 65.7 Å². The molecule has 4 aliphatic rings. The van der Waals surface area contributed by atoms with Gasteiger partial charge in [-0.25, -0.2) is 0 Å². The van der Waals surface area contributed by atoms with E-state index in [1.807, 2.05) is 0 Å². The SMILES string of the molecule is [B]c1c2ccccc2c(-c2ccc(-c3ccc4c(c3)C3CCC5CC(C3)CC5c3c-4ccc4ccccc34)cc2)c2ccccc12. The van der Waals surface area contributed by atoms with Gasteiger partial charge < -0.3 is 0 Å². The molecule has 4 bridgehead atoms. The Bertz CT molecular complexity index is 2270. The predicted molar refractivity (Wildman–Crippen MR) is 196 cm³/mol. The highest BCUT2D eigenvalue weighted by molar-refractivity contribution is 6.46. The van der Waals surface area contributed by atoms with Gasteiger partial charge in [-0.15, -0.1) is 0 Å². The van der Waals surface area contributed by atoms with Gasteiger partial charge in [0, 0.05) is 0 Å². The molecule has 4 atom stereocenters. The number of fused-ring (bicyclic) bond motifs is 4. The average Bonchev–Trinajstić information content (AvgIpc) is 3.42. The second kappa shape index (κ2) is 10.2. The number of hydrogen-bond donors (Lipinski definition) is 0. The van der Waals surface area contributed by atoms with Crippen LogP contribution < -0.4 is 5.46 Å². The van der Waals surface area contributed by atoms with Crippen LogP contribution >= 0.6 is 0 Å². The van der Waals surface area contributed by atoms with Crippen molar-refractivity contribution in [2.75, 3.05) is 0 Å². The summed E-state index contributed by atoms with van der Waals surface area (Å²) in [5.41, 5.74) is 12.1. The van der Waals surface area contributed by atoms with E-state index in [0.29, 0.717) is 11.8 Å². The Balaban J connectivity index is 1.12. The van der Waals surface area contributed by atoms with Crippen LogP contribution in [-0.2, 0) is 0 Å². The zero-order valence-corrected chi connectivity index (χ0v) is 26.0. The molecule has 0 amide bonds. The normalized spacial score (nSPS) is 21.6. The average molecular weight is 587 g/mol. The zero-order valence-electron chi connectivity index (χ0n) is 26.0. The summed E-state index contributed by atoms with van der Waals surface area (Å²) in [4.78, 5) is 0. The molecule has 0 heterocycles. The molecule has 0 nitrogen and oxygen atoms in total. The van der Waals surface area contributed by atoms with E-state index in [9.17, 15) is 0 Å². The van der Waals surface area contributed by atoms with Crippen molar-refractivity contribution in [3.8, 4) is 33.4 Å². The van der Waals surface area contributed by atoms with Crippen LogP contribution in [0.3, 0.4) is 0 Å². The van der Waals surface area contributed by atoms with E-state index < -0.39 is 0 Å². The predicted octanol–water partition coefficient (Wildman–Crippen LogP) is 11.3. The van der Waals surface area contributed by atoms with Gasteiger partial charge >= 0.3 is 0 Å². The fourth-order valence-electron chi connectivity index (χ4n) is 9.88. The molecule has 4 aliphatic carbocycles. The quantitative estimate of drug-likeness (QED) is 0.140. The molecule has 0 saturated heterocycles. The highest BCUT2D eigenvalue weighted by Crippen LogP contribution is 2.58. The first-order chi connectivity index (χ1) is 22.7. The summed E-state index contributed by atoms with van der Waals surface area (Å²) < 4.78 is 0. The maximum absolute atomic E-state index is 6.69. The third-order valence-corrected chi connectivity index (χ3v) is 11.9. The Labute approximate surface area is 272 Å². The zero-order chi connectivity index (χ0) is 30.4. The van der Waals surface area contributed by atoms with Gasteiger partial charge in [0.25, 0.3) is 0 Å². The Morgan fingerprint density at radius 3 is 1.89 bits per heavy atom. The van der Waals surface area contributed by atoms with Crippen LogP contribution in [0.1, 0.15) is 55.1 Å². The minimum atomic E-state index is 0.634. The van der Waals surface area contributed by atoms with Crippen molar-refractivity contribution >= 4 is 45.6 Å². The van der Waals surface area contributed by atoms with Crippen LogP contribution in [0.4, 0.5) is 0 Å². The Morgan fingerprint density at radius 1 is 0.500 bits per heavy atom. The third-order valence-electron chi connectivity index (χ3n) is 11.9. The lowest BCUT2D eigenvalue weighted by atomic mass is 9.80. The van der Waals surface area contributed by atoms with Crippen LogP contribution in [0.2, 0.25) is 0 Å². The minimum Gasteiger partial charge on any atom is -0.0812 e. The van der Waals surface area contributed by atoms with Crippen molar-refractivity contribution in [3.63, 3.8) is 0 Å². The molecule has 0 aliphatic heterocycles. The smallest absolute Gasteiger partial charge is 0.0812 e. The summed E-state index contributed by atoms with van der Waals surface area (Å²) in [5, 5.41) is 7.52. The summed E-state index contributed by atoms with van der Waals surface area (Å²) in [6, 6.07) is 47.7. The molecule has 0 spiro atoms. The van der Waals surface area contributed by atoms with E-state index in [4.69, 9.17) is 7.85 Å². The molecule has 0 N–H and O–H groups in total. The first-order valence-corrected chi connectivity index (χ1v) is 17.2. The Kier molecular flexibility index (Phi) is 5.89. The van der Waals surface area contributed by atoms with Crippen molar-refractivity contribution in [1.29, 1.82) is 0 Å². The highest BCUT2D eigenvalue weighted by Gasteiger charge is 2.42. The second-order valence-electron chi connectivity index (χ2n) is 14.2. The molecule has 11 rings (SSSR count). The second-order valence-corrected chi connectivity index (χ2v) is 14.2. The molecular weight excluding hydrogens is 551 g/mol. The first kappa shape index (κ1) is 26.6. The Morgan fingerprint density at radius 2 is 1.13 bits per heavy atom. The molecule has 2 saturated carbocycles. The van der Waals surface area contributed by atoms with Crippen molar-refractivity contribution in [1.82, 2.24) is 0 Å². The standard InChI is InChI=1S/C45H35B/c46-45-39-11-5-3-9-36(39)43(37-10-4-6-12-40(37)45)30-15-13-28(14-16-30)31-20-21-35-38-22-19-29-7-1-2-8-34(29)44(38)42-25-27-23-32(41(35)26-31)17-18-33(42)24-27/h1-16,19-22,26-27,32-33,42H,17-18,23-25H2. The molecule has 7 aromatic rings. The molecule has 1 heteroatoms. The largest absolute Gasteiger partial charge is 0.115 e. The lowest BCUT2D eigenvalue weighted by Gasteiger charge is -2.24. The molecule has 46 heavy (non-hydrogen) atoms. The van der Waals surface area contributed by atoms with Gasteiger partial charge in [0.05, 0.1) is 0 Å². The number of benzene rings is 7. The van der Waals surface area contributed by atoms with E-state index in [-0.39, 0.29) is 0 Å². The molecule has 4 unspecified atom stereocenters. The van der Waals surface area contributed by atoms with Gasteiger partial charge in [-0.05, 0) is 133 Å². The first-order valence-electron chi connectivity index (χ1n) is 17.2. The van der Waals surface area contributed by atoms with Crippen molar-refractivity contribution < 1.29 is 0 Å². The number of hydrogen-bond acceptors (Lipinski definition) is 0. The fourth-order valence-corrected chi connectivity index (χ4v) is 9.88. The van der Waals surface area contributed by atoms with Crippen LogP contribution in [0.5, 0.6) is 0 Å². The molecule has 2 radical (unpaired) electrons. The van der Waals surface area contributed by atoms with E-state index in [1.54, 1.807) is 11.1 Å². The molecule has 218 valence electrons. The van der Waals surface area contributed by atoms with Gasteiger partial charge in [-0.2, -0.15) is 0 Å². The van der Waals surface area contributed by atoms with Gasteiger partial charge in [0.1, 0.15) is 7.85 Å². The van der Waals surface area contributed by atoms with Crippen molar-refractivity contribution in [2.45, 2.75) is 43.9 Å². The van der Waals surface area contributed by atoms with Crippen molar-refractivity contribution in [3.05, 3.63) is 139 Å². The molecule has 0 aromatic heterocycles. The number of rotatable bonds is 2. The molecule has 7 aromatic carbocycles. The van der Waals surface area contributed by atoms with E-state index in [0.717, 1.165) is 28.1 Å². The summed E-state index contributed by atoms with van der Waals surface area (Å²) in [5.74, 6) is 2.98. The van der Waals surface area contributed by atoms with Crippen molar-refractivity contribution in [2.24, 2.45) is 11.8 Å². The van der Waals surface area contributed by atoms with Crippen LogP contribution in [0.15, 0.2) is 127 Å². The van der Waals surface area contributed by atoms with Gasteiger partial charge in [0.15, 0.2) is 0 Å². The van der Waals surface area contributed by atoms with Gasteiger partial charge in [-0.3, -0.25) is 0 Å². The monoisotopic (exact) mass is 586 g/mol. The summed E-state index contributed by atoms with van der Waals surface area (Å²) in [6.07, 6.45) is 6.78. The highest BCUT2D eigenvalue weighted by atomic mass is 14.5. The van der Waals surface area contributed by atoms with Gasteiger partial charge in [0.2, 0.25) is 0 Å². The lowest BCUT2D eigenvalue weighted by Crippen LogP contribution is -2.09. The van der Waals surface area contributed by atoms with E-state index in [2.05, 4.69) is 127 Å². The van der Waals surface area contributed by atoms with E-state index >= 15 is 0 Å². The van der Waals surface area contributed by atoms with Crippen LogP contribution in [0, 0.1) is 11.8 Å².